The molecule has 0 spiro atoms. The molecule has 0 aliphatic heterocycles. The minimum Gasteiger partial charge on any atom is -0.347 e. The number of carbonyl (C=O) groups excluding carboxylic acids is 1. The minimum absolute atomic E-state index is 0.196. The van der Waals surface area contributed by atoms with Crippen LogP contribution in [0, 0.1) is 0 Å². The quantitative estimate of drug-likeness (QED) is 0.856. The van der Waals surface area contributed by atoms with Gasteiger partial charge in [0.1, 0.15) is 0 Å². The van der Waals surface area contributed by atoms with E-state index in [-0.39, 0.29) is 12.1 Å². The van der Waals surface area contributed by atoms with Crippen molar-refractivity contribution in [3.05, 3.63) is 56.2 Å². The molecule has 106 valence electrons. The highest BCUT2D eigenvalue weighted by molar-refractivity contribution is 9.11. The van der Waals surface area contributed by atoms with Gasteiger partial charge >= 0.3 is 6.18 Å². The Balaban J connectivity index is 2.13. The van der Waals surface area contributed by atoms with Crippen molar-refractivity contribution in [2.24, 2.45) is 0 Å². The van der Waals surface area contributed by atoms with Crippen LogP contribution in [0.3, 0.4) is 0 Å². The molecule has 2 nitrogen and oxygen atoms in total. The van der Waals surface area contributed by atoms with Crippen LogP contribution in [0.15, 0.2) is 40.2 Å². The molecule has 2 aromatic rings. The number of rotatable bonds is 3. The summed E-state index contributed by atoms with van der Waals surface area (Å²) in [7, 11) is 0. The topological polar surface area (TPSA) is 29.1 Å². The van der Waals surface area contributed by atoms with Crippen LogP contribution in [0.4, 0.5) is 13.2 Å². The highest BCUT2D eigenvalue weighted by atomic mass is 79.9. The van der Waals surface area contributed by atoms with E-state index < -0.39 is 17.6 Å². The van der Waals surface area contributed by atoms with E-state index in [0.29, 0.717) is 0 Å². The van der Waals surface area contributed by atoms with Crippen molar-refractivity contribution < 1.29 is 18.0 Å². The second-order valence-corrected chi connectivity index (χ2v) is 6.48. The Labute approximate surface area is 125 Å². The van der Waals surface area contributed by atoms with Crippen LogP contribution in [0.1, 0.15) is 20.8 Å². The Morgan fingerprint density at radius 2 is 1.90 bits per heavy atom. The molecule has 0 bridgehead atoms. The first-order valence-electron chi connectivity index (χ1n) is 5.56. The second kappa shape index (κ2) is 5.97. The van der Waals surface area contributed by atoms with E-state index in [9.17, 15) is 18.0 Å². The molecule has 0 aliphatic rings. The van der Waals surface area contributed by atoms with E-state index in [1.807, 2.05) is 6.07 Å². The fourth-order valence-electron chi connectivity index (χ4n) is 1.64. The van der Waals surface area contributed by atoms with E-state index in [0.717, 1.165) is 14.7 Å². The lowest BCUT2D eigenvalue weighted by molar-refractivity contribution is -0.137. The number of hydrogen-bond acceptors (Lipinski definition) is 2. The minimum atomic E-state index is -4.54. The van der Waals surface area contributed by atoms with Gasteiger partial charge in [0.05, 0.1) is 21.5 Å². The SMILES string of the molecule is O=C(NCc1ccc(Br)s1)c1ccccc1C(F)(F)F. The summed E-state index contributed by atoms with van der Waals surface area (Å²) in [6, 6.07) is 8.35. The number of alkyl halides is 3. The monoisotopic (exact) mass is 363 g/mol. The van der Waals surface area contributed by atoms with Crippen molar-refractivity contribution in [2.45, 2.75) is 12.7 Å². The van der Waals surface area contributed by atoms with Crippen molar-refractivity contribution in [2.75, 3.05) is 0 Å². The Bertz CT molecular complexity index is 624. The van der Waals surface area contributed by atoms with E-state index >= 15 is 0 Å². The summed E-state index contributed by atoms with van der Waals surface area (Å²) >= 11 is 4.69. The van der Waals surface area contributed by atoms with Crippen molar-refractivity contribution >= 4 is 33.2 Å². The number of carbonyl (C=O) groups is 1. The van der Waals surface area contributed by atoms with Crippen molar-refractivity contribution in [1.29, 1.82) is 0 Å². The highest BCUT2D eigenvalue weighted by Crippen LogP contribution is 2.31. The fraction of sp³-hybridized carbons (Fsp3) is 0.154. The Morgan fingerprint density at radius 3 is 2.50 bits per heavy atom. The number of amides is 1. The van der Waals surface area contributed by atoms with Crippen molar-refractivity contribution in [1.82, 2.24) is 5.32 Å². The number of thiophene rings is 1. The lowest BCUT2D eigenvalue weighted by Gasteiger charge is -2.12. The molecule has 0 atom stereocenters. The lowest BCUT2D eigenvalue weighted by Crippen LogP contribution is -2.25. The molecule has 0 aliphatic carbocycles. The smallest absolute Gasteiger partial charge is 0.347 e. The van der Waals surface area contributed by atoms with Gasteiger partial charge in [0, 0.05) is 4.88 Å². The number of benzene rings is 1. The van der Waals surface area contributed by atoms with E-state index in [2.05, 4.69) is 21.2 Å². The molecule has 1 aromatic heterocycles. The Kier molecular flexibility index (Phi) is 4.49. The summed E-state index contributed by atoms with van der Waals surface area (Å²) in [5.41, 5.74) is -1.29. The van der Waals surface area contributed by atoms with Gasteiger partial charge in [-0.2, -0.15) is 13.2 Å². The molecular weight excluding hydrogens is 355 g/mol. The second-order valence-electron chi connectivity index (χ2n) is 3.93. The summed E-state index contributed by atoms with van der Waals surface area (Å²) in [6.07, 6.45) is -4.54. The van der Waals surface area contributed by atoms with Crippen molar-refractivity contribution in [3.8, 4) is 0 Å². The van der Waals surface area contributed by atoms with Gasteiger partial charge in [-0.15, -0.1) is 11.3 Å². The average molecular weight is 364 g/mol. The fourth-order valence-corrected chi connectivity index (χ4v) is 3.06. The van der Waals surface area contributed by atoms with Crippen LogP contribution < -0.4 is 5.32 Å². The zero-order valence-corrected chi connectivity index (χ0v) is 12.4. The number of nitrogens with one attached hydrogen (secondary N) is 1. The molecule has 0 saturated carbocycles. The van der Waals surface area contributed by atoms with E-state index in [4.69, 9.17) is 0 Å². The highest BCUT2D eigenvalue weighted by Gasteiger charge is 2.34. The summed E-state index contributed by atoms with van der Waals surface area (Å²) in [5, 5.41) is 2.49. The third kappa shape index (κ3) is 3.61. The Hall–Kier alpha value is -1.34. The van der Waals surface area contributed by atoms with Crippen LogP contribution in [0.25, 0.3) is 0 Å². The zero-order chi connectivity index (χ0) is 14.8. The van der Waals surface area contributed by atoms with Gasteiger partial charge in [-0.25, -0.2) is 0 Å². The first kappa shape index (κ1) is 15.1. The van der Waals surface area contributed by atoms with Crippen molar-refractivity contribution in [3.63, 3.8) is 0 Å². The largest absolute Gasteiger partial charge is 0.417 e. The predicted molar refractivity (Wildman–Crippen MR) is 74.6 cm³/mol. The maximum absolute atomic E-state index is 12.8. The van der Waals surface area contributed by atoms with Gasteiger partial charge in [-0.3, -0.25) is 4.79 Å². The molecule has 1 aromatic carbocycles. The molecule has 0 saturated heterocycles. The molecule has 1 N–H and O–H groups in total. The molecule has 0 unspecified atom stereocenters. The summed E-state index contributed by atoms with van der Waals surface area (Å²) in [5.74, 6) is -0.734. The summed E-state index contributed by atoms with van der Waals surface area (Å²) < 4.78 is 39.3. The van der Waals surface area contributed by atoms with Crippen LogP contribution >= 0.6 is 27.3 Å². The molecule has 7 heteroatoms. The molecule has 1 heterocycles. The van der Waals surface area contributed by atoms with Gasteiger partial charge in [0.2, 0.25) is 0 Å². The first-order valence-corrected chi connectivity index (χ1v) is 7.17. The average Bonchev–Trinajstić information content (AvgIpc) is 2.81. The lowest BCUT2D eigenvalue weighted by atomic mass is 10.1. The first-order chi connectivity index (χ1) is 9.38. The van der Waals surface area contributed by atoms with Gasteiger partial charge < -0.3 is 5.32 Å². The van der Waals surface area contributed by atoms with Gasteiger partial charge in [-0.05, 0) is 40.2 Å². The van der Waals surface area contributed by atoms with Gasteiger partial charge in [-0.1, -0.05) is 12.1 Å². The normalized spacial score (nSPS) is 11.4. The standard InChI is InChI=1S/C13H9BrF3NOS/c14-11-6-5-8(20-11)7-18-12(19)9-3-1-2-4-10(9)13(15,16)17/h1-6H,7H2,(H,18,19). The van der Waals surface area contributed by atoms with Crippen LogP contribution in [-0.4, -0.2) is 5.91 Å². The maximum Gasteiger partial charge on any atom is 0.417 e. The molecular formula is C13H9BrF3NOS. The molecule has 0 radical (unpaired) electrons. The predicted octanol–water partition coefficient (Wildman–Crippen LogP) is 4.46. The van der Waals surface area contributed by atoms with Gasteiger partial charge in [0.25, 0.3) is 5.91 Å². The molecule has 20 heavy (non-hydrogen) atoms. The summed E-state index contributed by atoms with van der Waals surface area (Å²) in [6.45, 7) is 0.196. The molecule has 2 rings (SSSR count). The van der Waals surface area contributed by atoms with E-state index in [1.54, 1.807) is 6.07 Å². The third-order valence-corrected chi connectivity index (χ3v) is 4.15. The van der Waals surface area contributed by atoms with Gasteiger partial charge in [0.15, 0.2) is 0 Å². The molecule has 1 amide bonds. The number of halogens is 4. The maximum atomic E-state index is 12.8. The Morgan fingerprint density at radius 1 is 1.20 bits per heavy atom. The van der Waals surface area contributed by atoms with Crippen LogP contribution in [0.2, 0.25) is 0 Å². The van der Waals surface area contributed by atoms with Crippen LogP contribution in [0.5, 0.6) is 0 Å². The summed E-state index contributed by atoms with van der Waals surface area (Å²) in [4.78, 5) is 12.7. The third-order valence-electron chi connectivity index (χ3n) is 2.53. The zero-order valence-electron chi connectivity index (χ0n) is 10.00. The van der Waals surface area contributed by atoms with E-state index in [1.165, 1.54) is 29.5 Å². The molecule has 0 fully saturated rings. The number of hydrogen-bond donors (Lipinski definition) is 1. The van der Waals surface area contributed by atoms with Crippen LogP contribution in [-0.2, 0) is 12.7 Å².